The Morgan fingerprint density at radius 2 is 1.41 bits per heavy atom. The van der Waals surface area contributed by atoms with Crippen molar-refractivity contribution in [3.05, 3.63) is 102 Å². The van der Waals surface area contributed by atoms with Crippen LogP contribution in [0.2, 0.25) is 0 Å². The molecule has 0 unspecified atom stereocenters. The molecule has 144 valence electrons. The third kappa shape index (κ3) is 2.91. The first-order valence-corrected chi connectivity index (χ1v) is 9.61. The fraction of sp³-hybridized carbons (Fsp3) is 0.160. The van der Waals surface area contributed by atoms with Gasteiger partial charge in [-0.2, -0.15) is 13.2 Å². The third-order valence-corrected chi connectivity index (χ3v) is 5.86. The lowest BCUT2D eigenvalue weighted by Crippen LogP contribution is -2.13. The summed E-state index contributed by atoms with van der Waals surface area (Å²) in [6.07, 6.45) is -0.857. The van der Waals surface area contributed by atoms with Gasteiger partial charge in [0.15, 0.2) is 0 Å². The molecule has 1 aromatic heterocycles. The summed E-state index contributed by atoms with van der Waals surface area (Å²) in [5.74, 6) is 0. The van der Waals surface area contributed by atoms with E-state index in [9.17, 15) is 13.2 Å². The highest BCUT2D eigenvalue weighted by atomic mass is 19.4. The lowest BCUT2D eigenvalue weighted by Gasteiger charge is -2.22. The van der Waals surface area contributed by atoms with Crippen LogP contribution in [0.5, 0.6) is 0 Å². The van der Waals surface area contributed by atoms with Crippen molar-refractivity contribution in [2.45, 2.75) is 24.4 Å². The maximum atomic E-state index is 13.6. The second kappa shape index (κ2) is 6.45. The van der Waals surface area contributed by atoms with Gasteiger partial charge in [0.2, 0.25) is 0 Å². The van der Waals surface area contributed by atoms with Crippen LogP contribution in [0.25, 0.3) is 22.0 Å². The van der Waals surface area contributed by atoms with Gasteiger partial charge >= 0.3 is 6.18 Å². The second-order valence-corrected chi connectivity index (χ2v) is 7.56. The molecule has 1 aliphatic carbocycles. The predicted octanol–water partition coefficient (Wildman–Crippen LogP) is 7.00. The summed E-state index contributed by atoms with van der Waals surface area (Å²) < 4.78 is 40.9. The van der Waals surface area contributed by atoms with Crippen LogP contribution in [0.1, 0.15) is 29.5 Å². The van der Waals surface area contributed by atoms with Crippen LogP contribution < -0.4 is 0 Å². The van der Waals surface area contributed by atoms with E-state index < -0.39 is 11.7 Å². The highest BCUT2D eigenvalue weighted by molar-refractivity contribution is 5.98. The zero-order chi connectivity index (χ0) is 20.1. The van der Waals surface area contributed by atoms with Crippen LogP contribution in [0.3, 0.4) is 0 Å². The molecule has 0 bridgehead atoms. The van der Waals surface area contributed by atoms with E-state index in [1.54, 1.807) is 12.3 Å². The van der Waals surface area contributed by atoms with Gasteiger partial charge in [0, 0.05) is 17.0 Å². The highest BCUT2D eigenvalue weighted by Crippen LogP contribution is 2.56. The Bertz CT molecular complexity index is 1180. The van der Waals surface area contributed by atoms with E-state index in [0.29, 0.717) is 5.39 Å². The van der Waals surface area contributed by atoms with E-state index in [4.69, 9.17) is 0 Å². The van der Waals surface area contributed by atoms with Crippen LogP contribution in [0.4, 0.5) is 13.2 Å². The molecular weight excluding hydrogens is 371 g/mol. The molecule has 4 aromatic rings. The molecule has 0 saturated heterocycles. The Morgan fingerprint density at radius 3 is 2.03 bits per heavy atom. The predicted molar refractivity (Wildman–Crippen MR) is 109 cm³/mol. The Labute approximate surface area is 166 Å². The zero-order valence-electron chi connectivity index (χ0n) is 15.6. The van der Waals surface area contributed by atoms with Crippen LogP contribution in [0.15, 0.2) is 85.1 Å². The molecule has 0 amide bonds. The van der Waals surface area contributed by atoms with Gasteiger partial charge in [-0.05, 0) is 41.2 Å². The molecule has 0 aliphatic heterocycles. The van der Waals surface area contributed by atoms with E-state index in [0.717, 1.165) is 35.6 Å². The number of fused-ring (bicyclic) bond motifs is 1. The Balaban J connectivity index is 1.85. The first-order chi connectivity index (χ1) is 14.0. The minimum atomic E-state index is -4.45. The molecule has 1 heterocycles. The van der Waals surface area contributed by atoms with Gasteiger partial charge < -0.3 is 0 Å². The first-order valence-electron chi connectivity index (χ1n) is 9.61. The lowest BCUT2D eigenvalue weighted by molar-refractivity contribution is -0.136. The molecule has 0 N–H and O–H groups in total. The van der Waals surface area contributed by atoms with Gasteiger partial charge in [-0.3, -0.25) is 4.98 Å². The topological polar surface area (TPSA) is 12.9 Å². The van der Waals surface area contributed by atoms with Crippen molar-refractivity contribution in [2.75, 3.05) is 0 Å². The van der Waals surface area contributed by atoms with E-state index in [1.807, 2.05) is 48.5 Å². The molecule has 1 saturated carbocycles. The summed E-state index contributed by atoms with van der Waals surface area (Å²) in [5.41, 5.74) is 3.07. The maximum Gasteiger partial charge on any atom is 0.418 e. The summed E-state index contributed by atoms with van der Waals surface area (Å²) in [6, 6.07) is 24.2. The van der Waals surface area contributed by atoms with Crippen molar-refractivity contribution in [1.29, 1.82) is 0 Å². The molecule has 29 heavy (non-hydrogen) atoms. The number of hydrogen-bond donors (Lipinski definition) is 0. The maximum absolute atomic E-state index is 13.6. The van der Waals surface area contributed by atoms with E-state index in [1.165, 1.54) is 11.6 Å². The van der Waals surface area contributed by atoms with Crippen LogP contribution in [0, 0.1) is 0 Å². The standard InChI is InChI=1S/C25H18F3N/c26-25(27,28)20-13-7-12-19-22(17-8-3-1-4-9-17)21(16-29-23(19)20)24(14-15-24)18-10-5-2-6-11-18/h1-13,16H,14-15H2. The SMILES string of the molecule is FC(F)(F)c1cccc2c(-c3ccccc3)c(C3(c4ccccc4)CC3)cnc12. The number of nitrogens with zero attached hydrogens (tertiary/aromatic N) is 1. The van der Waals surface area contributed by atoms with Gasteiger partial charge in [0.05, 0.1) is 11.1 Å². The number of alkyl halides is 3. The average Bonchev–Trinajstić information content (AvgIpc) is 3.55. The molecule has 5 rings (SSSR count). The molecule has 0 radical (unpaired) electrons. The summed E-state index contributed by atoms with van der Waals surface area (Å²) in [5, 5.41) is 0.547. The summed E-state index contributed by atoms with van der Waals surface area (Å²) >= 11 is 0. The molecule has 1 aliphatic rings. The minimum Gasteiger partial charge on any atom is -0.255 e. The third-order valence-electron chi connectivity index (χ3n) is 5.86. The van der Waals surface area contributed by atoms with Gasteiger partial charge in [0.1, 0.15) is 0 Å². The summed E-state index contributed by atoms with van der Waals surface area (Å²) in [4.78, 5) is 4.35. The first kappa shape index (κ1) is 17.9. The number of halogens is 3. The minimum absolute atomic E-state index is 0.00599. The Kier molecular flexibility index (Phi) is 3.98. The van der Waals surface area contributed by atoms with Crippen LogP contribution in [-0.4, -0.2) is 4.98 Å². The van der Waals surface area contributed by atoms with Crippen molar-refractivity contribution in [3.8, 4) is 11.1 Å². The molecule has 0 atom stereocenters. The fourth-order valence-electron chi connectivity index (χ4n) is 4.33. The Morgan fingerprint density at radius 1 is 0.759 bits per heavy atom. The van der Waals surface area contributed by atoms with Crippen molar-refractivity contribution in [3.63, 3.8) is 0 Å². The smallest absolute Gasteiger partial charge is 0.255 e. The zero-order valence-corrected chi connectivity index (χ0v) is 15.6. The molecule has 4 heteroatoms. The number of rotatable bonds is 3. The van der Waals surface area contributed by atoms with Gasteiger partial charge in [0.25, 0.3) is 0 Å². The van der Waals surface area contributed by atoms with E-state index in [2.05, 4.69) is 17.1 Å². The number of hydrogen-bond acceptors (Lipinski definition) is 1. The molecule has 1 fully saturated rings. The molecular formula is C25H18F3N. The normalized spacial score (nSPS) is 15.4. The fourth-order valence-corrected chi connectivity index (χ4v) is 4.33. The van der Waals surface area contributed by atoms with Gasteiger partial charge in [-0.15, -0.1) is 0 Å². The Hall–Kier alpha value is -3.14. The summed E-state index contributed by atoms with van der Waals surface area (Å²) in [6.45, 7) is 0. The monoisotopic (exact) mass is 389 g/mol. The lowest BCUT2D eigenvalue weighted by atomic mass is 9.82. The van der Waals surface area contributed by atoms with E-state index in [-0.39, 0.29) is 10.9 Å². The van der Waals surface area contributed by atoms with E-state index >= 15 is 0 Å². The van der Waals surface area contributed by atoms with Crippen molar-refractivity contribution >= 4 is 10.9 Å². The summed E-state index contributed by atoms with van der Waals surface area (Å²) in [7, 11) is 0. The quantitative estimate of drug-likeness (QED) is 0.368. The molecule has 0 spiro atoms. The van der Waals surface area contributed by atoms with Gasteiger partial charge in [-0.1, -0.05) is 72.8 Å². The highest BCUT2D eigenvalue weighted by Gasteiger charge is 2.48. The van der Waals surface area contributed by atoms with Crippen molar-refractivity contribution in [1.82, 2.24) is 4.98 Å². The largest absolute Gasteiger partial charge is 0.418 e. The van der Waals surface area contributed by atoms with Crippen molar-refractivity contribution in [2.24, 2.45) is 0 Å². The molecule has 3 aromatic carbocycles. The second-order valence-electron chi connectivity index (χ2n) is 7.56. The van der Waals surface area contributed by atoms with Crippen molar-refractivity contribution < 1.29 is 13.2 Å². The average molecular weight is 389 g/mol. The number of pyridine rings is 1. The number of aromatic nitrogens is 1. The molecule has 1 nitrogen and oxygen atoms in total. The number of para-hydroxylation sites is 1. The van der Waals surface area contributed by atoms with Crippen LogP contribution in [-0.2, 0) is 11.6 Å². The van der Waals surface area contributed by atoms with Crippen LogP contribution >= 0.6 is 0 Å². The van der Waals surface area contributed by atoms with Gasteiger partial charge in [-0.25, -0.2) is 0 Å². The number of benzene rings is 3.